The van der Waals surface area contributed by atoms with Crippen LogP contribution in [0.25, 0.3) is 0 Å². The first-order valence-corrected chi connectivity index (χ1v) is 8.28. The lowest BCUT2D eigenvalue weighted by Gasteiger charge is -2.30. The number of hydrogen-bond donors (Lipinski definition) is 0. The van der Waals surface area contributed by atoms with Crippen molar-refractivity contribution in [1.29, 1.82) is 0 Å². The average Bonchev–Trinajstić information content (AvgIpc) is 2.62. The number of carbonyl (C=O) groups excluding carboxylic acids is 2. The molecule has 0 bridgehead atoms. The molecule has 0 aliphatic carbocycles. The molecule has 7 heteroatoms. The summed E-state index contributed by atoms with van der Waals surface area (Å²) in [5.41, 5.74) is 1.12. The zero-order valence-corrected chi connectivity index (χ0v) is 15.1. The number of rotatable bonds is 3. The predicted molar refractivity (Wildman–Crippen MR) is 96.6 cm³/mol. The van der Waals surface area contributed by atoms with E-state index in [1.54, 1.807) is 30.3 Å². The number of ketones is 1. The van der Waals surface area contributed by atoms with Crippen LogP contribution < -0.4 is 14.4 Å². The molecule has 0 radical (unpaired) electrons. The maximum atomic E-state index is 13.2. The molecule has 0 saturated heterocycles. The fraction of sp³-hybridized carbons (Fsp3) is 0.222. The van der Waals surface area contributed by atoms with Crippen molar-refractivity contribution in [2.75, 3.05) is 25.7 Å². The Morgan fingerprint density at radius 3 is 2.48 bits per heavy atom. The average molecular weight is 380 g/mol. The summed E-state index contributed by atoms with van der Waals surface area (Å²) in [6.45, 7) is 0.240. The standard InChI is InChI=1S/C18H15Cl2NO4/c1-24-10-3-4-11-14(9-10)21(8-7-15(11)22)18(23)16-12(19)5-6-13(20)17(16)25-2/h3-6,9H,7-8H2,1-2H3. The van der Waals surface area contributed by atoms with E-state index in [0.717, 1.165) is 0 Å². The number of benzene rings is 2. The van der Waals surface area contributed by atoms with E-state index in [1.165, 1.54) is 19.1 Å². The Kier molecular flexibility index (Phi) is 4.88. The Hall–Kier alpha value is -2.24. The van der Waals surface area contributed by atoms with Crippen LogP contribution in [0, 0.1) is 0 Å². The van der Waals surface area contributed by atoms with Crippen molar-refractivity contribution >= 4 is 40.6 Å². The van der Waals surface area contributed by atoms with E-state index in [9.17, 15) is 9.59 Å². The van der Waals surface area contributed by atoms with Gasteiger partial charge in [-0.3, -0.25) is 9.59 Å². The van der Waals surface area contributed by atoms with Gasteiger partial charge in [-0.15, -0.1) is 0 Å². The molecule has 5 nitrogen and oxygen atoms in total. The normalized spacial score (nSPS) is 13.4. The number of nitrogens with zero attached hydrogens (tertiary/aromatic N) is 1. The minimum Gasteiger partial charge on any atom is -0.497 e. The molecule has 1 aliphatic heterocycles. The molecule has 0 unspecified atom stereocenters. The number of anilines is 1. The van der Waals surface area contributed by atoms with Crippen LogP contribution in [0.3, 0.4) is 0 Å². The van der Waals surface area contributed by atoms with Crippen LogP contribution in [-0.2, 0) is 0 Å². The quantitative estimate of drug-likeness (QED) is 0.799. The zero-order valence-electron chi connectivity index (χ0n) is 13.6. The van der Waals surface area contributed by atoms with Crippen LogP contribution >= 0.6 is 23.2 Å². The molecule has 2 aromatic carbocycles. The van der Waals surface area contributed by atoms with Crippen LogP contribution in [0.5, 0.6) is 11.5 Å². The predicted octanol–water partition coefficient (Wildman–Crippen LogP) is 4.24. The summed E-state index contributed by atoms with van der Waals surface area (Å²) in [6, 6.07) is 8.12. The molecular weight excluding hydrogens is 365 g/mol. The van der Waals surface area contributed by atoms with Gasteiger partial charge >= 0.3 is 0 Å². The van der Waals surface area contributed by atoms with Crippen molar-refractivity contribution in [3.8, 4) is 11.5 Å². The molecule has 2 aromatic rings. The minimum atomic E-state index is -0.383. The second kappa shape index (κ2) is 6.94. The Labute approximate surface area is 155 Å². The van der Waals surface area contributed by atoms with Gasteiger partial charge in [0.15, 0.2) is 11.5 Å². The van der Waals surface area contributed by atoms with E-state index < -0.39 is 0 Å². The fourth-order valence-corrected chi connectivity index (χ4v) is 3.31. The monoisotopic (exact) mass is 379 g/mol. The molecule has 130 valence electrons. The zero-order chi connectivity index (χ0) is 18.1. The van der Waals surface area contributed by atoms with Gasteiger partial charge in [-0.05, 0) is 24.3 Å². The first-order valence-electron chi connectivity index (χ1n) is 7.53. The summed E-state index contributed by atoms with van der Waals surface area (Å²) < 4.78 is 10.5. The Morgan fingerprint density at radius 1 is 1.08 bits per heavy atom. The van der Waals surface area contributed by atoms with Crippen LogP contribution in [0.15, 0.2) is 30.3 Å². The number of Topliss-reactive ketones (excluding diaryl/α,β-unsaturated/α-hetero) is 1. The summed E-state index contributed by atoms with van der Waals surface area (Å²) in [5, 5.41) is 0.516. The highest BCUT2D eigenvalue weighted by atomic mass is 35.5. The number of amides is 1. The van der Waals surface area contributed by atoms with Crippen molar-refractivity contribution in [3.63, 3.8) is 0 Å². The molecule has 1 heterocycles. The molecule has 1 aliphatic rings. The van der Waals surface area contributed by atoms with Gasteiger partial charge < -0.3 is 14.4 Å². The molecule has 0 spiro atoms. The summed E-state index contributed by atoms with van der Waals surface area (Å²) in [6.07, 6.45) is 0.228. The number of fused-ring (bicyclic) bond motifs is 1. The number of methoxy groups -OCH3 is 2. The third-order valence-corrected chi connectivity index (χ3v) is 4.69. The second-order valence-electron chi connectivity index (χ2n) is 5.45. The van der Waals surface area contributed by atoms with E-state index in [0.29, 0.717) is 17.0 Å². The van der Waals surface area contributed by atoms with Gasteiger partial charge in [0.1, 0.15) is 11.3 Å². The SMILES string of the molecule is COc1ccc2c(c1)N(C(=O)c1c(Cl)ccc(Cl)c1OC)CCC2=O. The summed E-state index contributed by atoms with van der Waals surface area (Å²) in [7, 11) is 2.94. The first kappa shape index (κ1) is 17.6. The highest BCUT2D eigenvalue weighted by Gasteiger charge is 2.31. The van der Waals surface area contributed by atoms with E-state index in [4.69, 9.17) is 32.7 Å². The van der Waals surface area contributed by atoms with E-state index in [2.05, 4.69) is 0 Å². The number of halogens is 2. The van der Waals surface area contributed by atoms with Gasteiger partial charge in [0.25, 0.3) is 5.91 Å². The Balaban J connectivity index is 2.13. The molecule has 0 atom stereocenters. The van der Waals surface area contributed by atoms with Gasteiger partial charge in [0, 0.05) is 24.6 Å². The van der Waals surface area contributed by atoms with Crippen molar-refractivity contribution in [3.05, 3.63) is 51.5 Å². The van der Waals surface area contributed by atoms with Crippen LogP contribution in [-0.4, -0.2) is 32.5 Å². The van der Waals surface area contributed by atoms with Crippen LogP contribution in [0.4, 0.5) is 5.69 Å². The molecule has 25 heavy (non-hydrogen) atoms. The van der Waals surface area contributed by atoms with Gasteiger partial charge in [-0.1, -0.05) is 23.2 Å². The maximum Gasteiger partial charge on any atom is 0.263 e. The summed E-state index contributed by atoms with van der Waals surface area (Å²) >= 11 is 12.4. The smallest absolute Gasteiger partial charge is 0.263 e. The maximum absolute atomic E-state index is 13.2. The van der Waals surface area contributed by atoms with Crippen LogP contribution in [0.1, 0.15) is 27.1 Å². The second-order valence-corrected chi connectivity index (χ2v) is 6.26. The number of hydrogen-bond acceptors (Lipinski definition) is 4. The van der Waals surface area contributed by atoms with Crippen molar-refractivity contribution in [2.45, 2.75) is 6.42 Å². The third kappa shape index (κ3) is 3.05. The van der Waals surface area contributed by atoms with Gasteiger partial charge in [0.2, 0.25) is 0 Å². The molecule has 3 rings (SSSR count). The lowest BCUT2D eigenvalue weighted by molar-refractivity contribution is 0.0954. The third-order valence-electron chi connectivity index (χ3n) is 4.08. The first-order chi connectivity index (χ1) is 12.0. The highest BCUT2D eigenvalue weighted by molar-refractivity contribution is 6.38. The van der Waals surface area contributed by atoms with Gasteiger partial charge in [-0.2, -0.15) is 0 Å². The highest BCUT2D eigenvalue weighted by Crippen LogP contribution is 2.38. The van der Waals surface area contributed by atoms with Gasteiger partial charge in [-0.25, -0.2) is 0 Å². The summed E-state index contributed by atoms with van der Waals surface area (Å²) in [5.74, 6) is 0.355. The molecule has 0 fully saturated rings. The fourth-order valence-electron chi connectivity index (χ4n) is 2.84. The lowest BCUT2D eigenvalue weighted by atomic mass is 9.99. The Bertz CT molecular complexity index is 866. The van der Waals surface area contributed by atoms with Crippen LogP contribution in [0.2, 0.25) is 10.0 Å². The molecule has 0 saturated carbocycles. The number of carbonyl (C=O) groups is 2. The van der Waals surface area contributed by atoms with Gasteiger partial charge in [0.05, 0.1) is 30.0 Å². The van der Waals surface area contributed by atoms with E-state index in [-0.39, 0.29) is 46.0 Å². The van der Waals surface area contributed by atoms with Crippen molar-refractivity contribution in [2.24, 2.45) is 0 Å². The van der Waals surface area contributed by atoms with Crippen molar-refractivity contribution in [1.82, 2.24) is 0 Å². The number of ether oxygens (including phenoxy) is 2. The minimum absolute atomic E-state index is 0.0224. The molecule has 0 N–H and O–H groups in total. The summed E-state index contributed by atoms with van der Waals surface area (Å²) in [4.78, 5) is 26.9. The largest absolute Gasteiger partial charge is 0.497 e. The molecular formula is C18H15Cl2NO4. The molecule has 1 amide bonds. The topological polar surface area (TPSA) is 55.8 Å². The van der Waals surface area contributed by atoms with Crippen molar-refractivity contribution < 1.29 is 19.1 Å². The lowest BCUT2D eigenvalue weighted by Crippen LogP contribution is -2.37. The van der Waals surface area contributed by atoms with E-state index >= 15 is 0 Å². The Morgan fingerprint density at radius 2 is 1.80 bits per heavy atom. The molecule has 0 aromatic heterocycles. The van der Waals surface area contributed by atoms with E-state index in [1.807, 2.05) is 0 Å².